The van der Waals surface area contributed by atoms with Crippen LogP contribution in [0.4, 0.5) is 5.69 Å². The Bertz CT molecular complexity index is 985. The lowest BCUT2D eigenvalue weighted by molar-refractivity contribution is -0.384. The summed E-state index contributed by atoms with van der Waals surface area (Å²) >= 11 is 0. The second kappa shape index (κ2) is 9.52. The highest BCUT2D eigenvalue weighted by molar-refractivity contribution is 5.97. The van der Waals surface area contributed by atoms with Crippen LogP contribution in [0.3, 0.4) is 0 Å². The van der Waals surface area contributed by atoms with Crippen molar-refractivity contribution in [3.05, 3.63) is 93.4 Å². The molecule has 1 amide bonds. The highest BCUT2D eigenvalue weighted by Gasteiger charge is 2.17. The van der Waals surface area contributed by atoms with E-state index in [-0.39, 0.29) is 23.5 Å². The van der Waals surface area contributed by atoms with Crippen LogP contribution in [-0.2, 0) is 24.5 Å². The van der Waals surface area contributed by atoms with E-state index < -0.39 is 10.8 Å². The normalized spacial score (nSPS) is 10.5. The van der Waals surface area contributed by atoms with E-state index in [1.165, 1.54) is 25.3 Å². The molecule has 1 heterocycles. The van der Waals surface area contributed by atoms with E-state index >= 15 is 0 Å². The fraction of sp³-hybridized carbons (Fsp3) is 0.190. The van der Waals surface area contributed by atoms with Crippen molar-refractivity contribution in [2.45, 2.75) is 19.8 Å². The summed E-state index contributed by atoms with van der Waals surface area (Å²) in [4.78, 5) is 22.9. The quantitative estimate of drug-likeness (QED) is 0.435. The molecule has 0 aliphatic rings. The van der Waals surface area contributed by atoms with Crippen molar-refractivity contribution in [3.8, 4) is 5.75 Å². The van der Waals surface area contributed by atoms with Gasteiger partial charge in [0.25, 0.3) is 11.6 Å². The number of ether oxygens (including phenoxy) is 2. The van der Waals surface area contributed by atoms with Crippen LogP contribution in [0, 0.1) is 10.1 Å². The first-order valence-corrected chi connectivity index (χ1v) is 8.85. The van der Waals surface area contributed by atoms with Gasteiger partial charge in [0.1, 0.15) is 18.1 Å². The van der Waals surface area contributed by atoms with Crippen LogP contribution < -0.4 is 10.1 Å². The fourth-order valence-electron chi connectivity index (χ4n) is 2.76. The standard InChI is InChI=1S/C21H20N2O6/c1-27-20-8-7-17(23(25)26)11-19(20)21(24)22-12-15-4-2-5-16(10-15)13-28-14-18-6-3-9-29-18/h2-11H,12-14H2,1H3,(H,22,24). The van der Waals surface area contributed by atoms with Crippen molar-refractivity contribution in [3.63, 3.8) is 0 Å². The zero-order chi connectivity index (χ0) is 20.6. The molecule has 0 unspecified atom stereocenters. The van der Waals surface area contributed by atoms with E-state index in [4.69, 9.17) is 13.9 Å². The van der Waals surface area contributed by atoms with Gasteiger partial charge in [-0.1, -0.05) is 24.3 Å². The number of carbonyl (C=O) groups excluding carboxylic acids is 1. The molecule has 1 N–H and O–H groups in total. The third kappa shape index (κ3) is 5.43. The van der Waals surface area contributed by atoms with Gasteiger partial charge >= 0.3 is 0 Å². The molecule has 1 aromatic heterocycles. The lowest BCUT2D eigenvalue weighted by atomic mass is 10.1. The summed E-state index contributed by atoms with van der Waals surface area (Å²) in [5.41, 5.74) is 1.77. The first-order valence-electron chi connectivity index (χ1n) is 8.85. The predicted molar refractivity (Wildman–Crippen MR) is 104 cm³/mol. The number of non-ortho nitro benzene ring substituents is 1. The molecule has 0 saturated carbocycles. The summed E-state index contributed by atoms with van der Waals surface area (Å²) in [6.45, 7) is 1.04. The Morgan fingerprint density at radius 2 is 1.93 bits per heavy atom. The monoisotopic (exact) mass is 396 g/mol. The Morgan fingerprint density at radius 3 is 2.66 bits per heavy atom. The minimum atomic E-state index is -0.553. The smallest absolute Gasteiger partial charge is 0.270 e. The molecular weight excluding hydrogens is 376 g/mol. The molecule has 0 aliphatic carbocycles. The number of rotatable bonds is 9. The Labute approximate surface area is 167 Å². The number of furan rings is 1. The van der Waals surface area contributed by atoms with Crippen molar-refractivity contribution < 1.29 is 23.6 Å². The molecule has 0 radical (unpaired) electrons. The number of hydrogen-bond donors (Lipinski definition) is 1. The van der Waals surface area contributed by atoms with Crippen LogP contribution in [0.15, 0.2) is 65.3 Å². The summed E-state index contributed by atoms with van der Waals surface area (Å²) in [6.07, 6.45) is 1.60. The van der Waals surface area contributed by atoms with E-state index in [1.807, 2.05) is 30.3 Å². The third-order valence-corrected chi connectivity index (χ3v) is 4.18. The van der Waals surface area contributed by atoms with Crippen LogP contribution in [0.1, 0.15) is 27.2 Å². The van der Waals surface area contributed by atoms with Crippen LogP contribution in [-0.4, -0.2) is 17.9 Å². The second-order valence-corrected chi connectivity index (χ2v) is 6.22. The van der Waals surface area contributed by atoms with Gasteiger partial charge in [0.15, 0.2) is 0 Å². The summed E-state index contributed by atoms with van der Waals surface area (Å²) in [6, 6.07) is 15.2. The summed E-state index contributed by atoms with van der Waals surface area (Å²) < 4.78 is 16.0. The zero-order valence-electron chi connectivity index (χ0n) is 15.8. The summed E-state index contributed by atoms with van der Waals surface area (Å²) in [5, 5.41) is 13.7. The predicted octanol–water partition coefficient (Wildman–Crippen LogP) is 3.84. The number of methoxy groups -OCH3 is 1. The van der Waals surface area contributed by atoms with Crippen molar-refractivity contribution in [1.29, 1.82) is 0 Å². The largest absolute Gasteiger partial charge is 0.496 e. The molecule has 29 heavy (non-hydrogen) atoms. The lowest BCUT2D eigenvalue weighted by Crippen LogP contribution is -2.23. The van der Waals surface area contributed by atoms with E-state index in [0.29, 0.717) is 13.2 Å². The number of amides is 1. The zero-order valence-corrected chi connectivity index (χ0v) is 15.8. The fourth-order valence-corrected chi connectivity index (χ4v) is 2.76. The topological polar surface area (TPSA) is 104 Å². The Kier molecular flexibility index (Phi) is 6.59. The molecule has 0 saturated heterocycles. The Morgan fingerprint density at radius 1 is 1.10 bits per heavy atom. The molecule has 2 aromatic carbocycles. The number of benzene rings is 2. The van der Waals surface area contributed by atoms with Crippen LogP contribution in [0.5, 0.6) is 5.75 Å². The second-order valence-electron chi connectivity index (χ2n) is 6.22. The average molecular weight is 396 g/mol. The van der Waals surface area contributed by atoms with Gasteiger partial charge in [-0.3, -0.25) is 14.9 Å². The van der Waals surface area contributed by atoms with Gasteiger partial charge < -0.3 is 19.2 Å². The van der Waals surface area contributed by atoms with Crippen molar-refractivity contribution in [2.75, 3.05) is 7.11 Å². The molecule has 8 heteroatoms. The van der Waals surface area contributed by atoms with Gasteiger partial charge in [-0.2, -0.15) is 0 Å². The Balaban J connectivity index is 1.60. The van der Waals surface area contributed by atoms with Gasteiger partial charge in [0.05, 0.1) is 30.5 Å². The maximum Gasteiger partial charge on any atom is 0.270 e. The minimum absolute atomic E-state index is 0.111. The van der Waals surface area contributed by atoms with Crippen molar-refractivity contribution in [1.82, 2.24) is 5.32 Å². The number of nitro benzene ring substituents is 1. The molecule has 3 rings (SSSR count). The third-order valence-electron chi connectivity index (χ3n) is 4.18. The molecule has 0 aliphatic heterocycles. The maximum atomic E-state index is 12.5. The molecule has 0 fully saturated rings. The molecule has 150 valence electrons. The molecule has 3 aromatic rings. The Hall–Kier alpha value is -3.65. The van der Waals surface area contributed by atoms with Crippen molar-refractivity contribution in [2.24, 2.45) is 0 Å². The summed E-state index contributed by atoms with van der Waals surface area (Å²) in [7, 11) is 1.41. The molecule has 0 atom stereocenters. The van der Waals surface area contributed by atoms with E-state index in [0.717, 1.165) is 16.9 Å². The molecular formula is C21H20N2O6. The number of nitrogens with zero attached hydrogens (tertiary/aromatic N) is 1. The minimum Gasteiger partial charge on any atom is -0.496 e. The average Bonchev–Trinajstić information content (AvgIpc) is 3.25. The van der Waals surface area contributed by atoms with Crippen LogP contribution in [0.2, 0.25) is 0 Å². The van der Waals surface area contributed by atoms with Crippen LogP contribution in [0.25, 0.3) is 0 Å². The van der Waals surface area contributed by atoms with Gasteiger partial charge in [0.2, 0.25) is 0 Å². The van der Waals surface area contributed by atoms with Gasteiger partial charge in [-0.05, 0) is 29.3 Å². The molecule has 0 spiro atoms. The summed E-state index contributed by atoms with van der Waals surface area (Å²) in [5.74, 6) is 0.567. The number of hydrogen-bond acceptors (Lipinski definition) is 6. The van der Waals surface area contributed by atoms with Gasteiger partial charge in [0, 0.05) is 18.7 Å². The van der Waals surface area contributed by atoms with Gasteiger partial charge in [-0.15, -0.1) is 0 Å². The highest BCUT2D eigenvalue weighted by atomic mass is 16.6. The van der Waals surface area contributed by atoms with E-state index in [1.54, 1.807) is 12.3 Å². The maximum absolute atomic E-state index is 12.5. The first kappa shape index (κ1) is 20.1. The number of nitro groups is 1. The van der Waals surface area contributed by atoms with Crippen molar-refractivity contribution >= 4 is 11.6 Å². The molecule has 0 bridgehead atoms. The lowest BCUT2D eigenvalue weighted by Gasteiger charge is -2.10. The molecule has 8 nitrogen and oxygen atoms in total. The SMILES string of the molecule is COc1ccc([N+](=O)[O-])cc1C(=O)NCc1cccc(COCc2ccco2)c1. The van der Waals surface area contributed by atoms with Crippen LogP contribution >= 0.6 is 0 Å². The number of nitrogens with one attached hydrogen (secondary N) is 1. The highest BCUT2D eigenvalue weighted by Crippen LogP contribution is 2.24. The number of carbonyl (C=O) groups is 1. The van der Waals surface area contributed by atoms with E-state index in [2.05, 4.69) is 5.32 Å². The van der Waals surface area contributed by atoms with Gasteiger partial charge in [-0.25, -0.2) is 0 Å². The first-order chi connectivity index (χ1) is 14.1. The van der Waals surface area contributed by atoms with E-state index in [9.17, 15) is 14.9 Å².